The van der Waals surface area contributed by atoms with Crippen molar-refractivity contribution in [1.29, 1.82) is 0 Å². The maximum Gasteiger partial charge on any atom is 0.296 e. The van der Waals surface area contributed by atoms with E-state index < -0.39 is 84.7 Å². The second-order valence-corrected chi connectivity index (χ2v) is 8.67. The first-order valence-corrected chi connectivity index (χ1v) is 11.0. The Labute approximate surface area is 205 Å². The Hall–Kier alpha value is -3.68. The largest absolute Gasteiger partial charge is 0.475 e. The van der Waals surface area contributed by atoms with E-state index in [1.165, 1.54) is 0 Å². The number of ether oxygens (including phenoxy) is 2. The summed E-state index contributed by atoms with van der Waals surface area (Å²) in [5.74, 6) is -11.0. The van der Waals surface area contributed by atoms with E-state index in [9.17, 15) is 35.9 Å². The summed E-state index contributed by atoms with van der Waals surface area (Å²) in [6.45, 7) is -0.950. The topological polar surface area (TPSA) is 116 Å². The molecule has 1 atom stereocenters. The van der Waals surface area contributed by atoms with Gasteiger partial charge in [0.05, 0.1) is 17.5 Å². The highest BCUT2D eigenvalue weighted by molar-refractivity contribution is 6.44. The summed E-state index contributed by atoms with van der Waals surface area (Å²) in [5, 5.41) is 2.20. The molecule has 0 radical (unpaired) electrons. The summed E-state index contributed by atoms with van der Waals surface area (Å²) in [7, 11) is 0. The molecule has 2 aliphatic rings. The smallest absolute Gasteiger partial charge is 0.296 e. The zero-order valence-corrected chi connectivity index (χ0v) is 18.9. The second kappa shape index (κ2) is 10.00. The number of ketones is 1. The van der Waals surface area contributed by atoms with E-state index in [1.54, 1.807) is 0 Å². The maximum atomic E-state index is 14.6. The van der Waals surface area contributed by atoms with Crippen LogP contribution >= 0.6 is 0 Å². The summed E-state index contributed by atoms with van der Waals surface area (Å²) in [5.41, 5.74) is 4.26. The van der Waals surface area contributed by atoms with Gasteiger partial charge in [0.25, 0.3) is 17.8 Å². The number of carbonyl (C=O) groups excluding carboxylic acids is 2. The molecule has 1 aliphatic carbocycles. The van der Waals surface area contributed by atoms with Crippen LogP contribution in [0.1, 0.15) is 37.5 Å². The Kier molecular flexibility index (Phi) is 7.13. The number of aromatic nitrogens is 2. The number of nitrogens with zero attached hydrogens (tertiary/aromatic N) is 2. The average molecular weight is 530 g/mol. The molecule has 1 saturated heterocycles. The van der Waals surface area contributed by atoms with Gasteiger partial charge in [0.2, 0.25) is 5.78 Å². The van der Waals surface area contributed by atoms with Crippen molar-refractivity contribution in [3.63, 3.8) is 0 Å². The molecule has 1 aliphatic heterocycles. The molecule has 4 rings (SSSR count). The van der Waals surface area contributed by atoms with E-state index in [4.69, 9.17) is 15.2 Å². The lowest BCUT2D eigenvalue weighted by atomic mass is 9.91. The quantitative estimate of drug-likeness (QED) is 0.240. The van der Waals surface area contributed by atoms with Gasteiger partial charge in [-0.3, -0.25) is 9.59 Å². The number of carbonyl (C=O) groups is 2. The summed E-state index contributed by atoms with van der Waals surface area (Å²) in [6, 6.07) is 2.45. The van der Waals surface area contributed by atoms with Crippen molar-refractivity contribution in [1.82, 2.24) is 9.97 Å². The molecule has 3 N–H and O–H groups in total. The van der Waals surface area contributed by atoms with Crippen LogP contribution in [0.15, 0.2) is 36.5 Å². The van der Waals surface area contributed by atoms with Crippen LogP contribution in [0.3, 0.4) is 0 Å². The van der Waals surface area contributed by atoms with Crippen LogP contribution in [0.5, 0.6) is 0 Å². The van der Waals surface area contributed by atoms with Gasteiger partial charge < -0.3 is 20.5 Å². The lowest BCUT2D eigenvalue weighted by Gasteiger charge is -2.34. The monoisotopic (exact) mass is 530 g/mol. The fourth-order valence-corrected chi connectivity index (χ4v) is 3.87. The number of halogens is 6. The van der Waals surface area contributed by atoms with Crippen molar-refractivity contribution in [2.75, 3.05) is 11.9 Å². The molecule has 1 aromatic carbocycles. The standard InChI is InChI=1S/C23H20F6N4O4/c24-11-1-2-14(25)13(5-11)18-20(19(32-10-31-18)16-3-4-22(26,27)9-36-16)33-21(35)15(34)6-17(30)37-12-7-23(28,29)8-12/h1-2,5-6,10,12,16H,3-4,7-9,30H2,(H,33,35)/b17-6+. The highest BCUT2D eigenvalue weighted by Crippen LogP contribution is 2.41. The molecule has 1 amide bonds. The van der Waals surface area contributed by atoms with Gasteiger partial charge in [-0.25, -0.2) is 36.3 Å². The van der Waals surface area contributed by atoms with Crippen molar-refractivity contribution in [2.45, 2.75) is 49.7 Å². The number of nitrogens with one attached hydrogen (secondary N) is 1. The van der Waals surface area contributed by atoms with Gasteiger partial charge in [-0.1, -0.05) is 0 Å². The van der Waals surface area contributed by atoms with Crippen molar-refractivity contribution in [2.24, 2.45) is 5.73 Å². The van der Waals surface area contributed by atoms with Gasteiger partial charge in [0.1, 0.15) is 42.5 Å². The van der Waals surface area contributed by atoms with Crippen LogP contribution in [0.25, 0.3) is 11.3 Å². The number of hydrogen-bond donors (Lipinski definition) is 2. The van der Waals surface area contributed by atoms with E-state index in [1.807, 2.05) is 0 Å². The van der Waals surface area contributed by atoms with Gasteiger partial charge >= 0.3 is 0 Å². The zero-order valence-electron chi connectivity index (χ0n) is 18.9. The van der Waals surface area contributed by atoms with Gasteiger partial charge in [0.15, 0.2) is 5.88 Å². The minimum absolute atomic E-state index is 0.143. The van der Waals surface area contributed by atoms with Gasteiger partial charge in [-0.2, -0.15) is 0 Å². The number of anilines is 1. The van der Waals surface area contributed by atoms with Crippen LogP contribution in [0.4, 0.5) is 32.0 Å². The van der Waals surface area contributed by atoms with E-state index >= 15 is 0 Å². The van der Waals surface area contributed by atoms with Crippen LogP contribution in [0, 0.1) is 11.6 Å². The van der Waals surface area contributed by atoms with Crippen molar-refractivity contribution >= 4 is 17.4 Å². The normalized spacial score (nSPS) is 21.1. The van der Waals surface area contributed by atoms with E-state index in [0.717, 1.165) is 24.5 Å². The Morgan fingerprint density at radius 1 is 1.14 bits per heavy atom. The van der Waals surface area contributed by atoms with E-state index in [-0.39, 0.29) is 23.5 Å². The molecule has 8 nitrogen and oxygen atoms in total. The maximum absolute atomic E-state index is 14.6. The number of rotatable bonds is 7. The SMILES string of the molecule is N/C(=C\C(=O)C(=O)Nc1c(-c2cc(F)ccc2F)ncnc1C1CCC(F)(F)CO1)OC1CC(F)(F)C1. The number of benzene rings is 1. The summed E-state index contributed by atoms with van der Waals surface area (Å²) < 4.78 is 91.7. The fourth-order valence-electron chi connectivity index (χ4n) is 3.87. The average Bonchev–Trinajstić information content (AvgIpc) is 2.79. The van der Waals surface area contributed by atoms with Gasteiger partial charge in [-0.15, -0.1) is 0 Å². The molecule has 2 aromatic rings. The first kappa shape index (κ1) is 26.4. The molecule has 1 unspecified atom stereocenters. The molecular weight excluding hydrogens is 510 g/mol. The molecule has 198 valence electrons. The summed E-state index contributed by atoms with van der Waals surface area (Å²) >= 11 is 0. The lowest BCUT2D eigenvalue weighted by molar-refractivity contribution is -0.152. The number of alkyl halides is 4. The number of nitrogens with two attached hydrogens (primary N) is 1. The number of hydrogen-bond acceptors (Lipinski definition) is 7. The molecule has 14 heteroatoms. The molecule has 0 spiro atoms. The first-order chi connectivity index (χ1) is 17.3. The third-order valence-electron chi connectivity index (χ3n) is 5.72. The molecule has 1 saturated carbocycles. The van der Waals surface area contributed by atoms with Crippen molar-refractivity contribution < 1.29 is 45.4 Å². The predicted octanol–water partition coefficient (Wildman–Crippen LogP) is 4.03. The van der Waals surface area contributed by atoms with E-state index in [0.29, 0.717) is 6.08 Å². The minimum Gasteiger partial charge on any atom is -0.475 e. The van der Waals surface area contributed by atoms with Crippen LogP contribution in [-0.4, -0.2) is 46.2 Å². The van der Waals surface area contributed by atoms with Crippen LogP contribution < -0.4 is 11.1 Å². The first-order valence-electron chi connectivity index (χ1n) is 11.0. The lowest BCUT2D eigenvalue weighted by Crippen LogP contribution is -2.41. The van der Waals surface area contributed by atoms with Crippen molar-refractivity contribution in [3.8, 4) is 11.3 Å². The Morgan fingerprint density at radius 3 is 2.51 bits per heavy atom. The molecule has 2 heterocycles. The third-order valence-corrected chi connectivity index (χ3v) is 5.72. The van der Waals surface area contributed by atoms with E-state index in [2.05, 4.69) is 15.3 Å². The predicted molar refractivity (Wildman–Crippen MR) is 115 cm³/mol. The number of amides is 1. The molecule has 37 heavy (non-hydrogen) atoms. The minimum atomic E-state index is -3.09. The Balaban J connectivity index is 1.62. The van der Waals surface area contributed by atoms with Gasteiger partial charge in [0, 0.05) is 24.8 Å². The Morgan fingerprint density at radius 2 is 1.86 bits per heavy atom. The molecule has 2 fully saturated rings. The van der Waals surface area contributed by atoms with Crippen LogP contribution in [-0.2, 0) is 19.1 Å². The zero-order chi connectivity index (χ0) is 27.0. The summed E-state index contributed by atoms with van der Waals surface area (Å²) in [4.78, 5) is 33.0. The molecule has 0 bridgehead atoms. The van der Waals surface area contributed by atoms with Crippen LogP contribution in [0.2, 0.25) is 0 Å². The van der Waals surface area contributed by atoms with Gasteiger partial charge in [-0.05, 0) is 24.6 Å². The third kappa shape index (κ3) is 6.18. The highest BCUT2D eigenvalue weighted by atomic mass is 19.3. The Bertz CT molecular complexity index is 1240. The highest BCUT2D eigenvalue weighted by Gasteiger charge is 2.47. The second-order valence-electron chi connectivity index (χ2n) is 8.67. The van der Waals surface area contributed by atoms with Crippen molar-refractivity contribution in [3.05, 3.63) is 53.8 Å². The summed E-state index contributed by atoms with van der Waals surface area (Å²) in [6.07, 6.45) is -2.52. The molecular formula is C23H20F6N4O4. The molecule has 1 aromatic heterocycles. The fraction of sp³-hybridized carbons (Fsp3) is 0.391.